The van der Waals surface area contributed by atoms with E-state index in [1.54, 1.807) is 0 Å². The number of morpholine rings is 1. The molecule has 0 aromatic carbocycles. The molecule has 2 heterocycles. The predicted molar refractivity (Wildman–Crippen MR) is 123 cm³/mol. The zero-order valence-electron chi connectivity index (χ0n) is 16.5. The summed E-state index contributed by atoms with van der Waals surface area (Å²) in [4.78, 5) is 11.4. The molecule has 154 valence electrons. The summed E-state index contributed by atoms with van der Waals surface area (Å²) in [5.41, 5.74) is 0. The molecule has 0 unspecified atom stereocenters. The monoisotopic (exact) mass is 490 g/mol. The van der Waals surface area contributed by atoms with Crippen molar-refractivity contribution in [1.29, 1.82) is 0 Å². The number of hydrogen-bond acceptors (Lipinski definition) is 5. The third-order valence-electron chi connectivity index (χ3n) is 4.22. The molecule has 0 amide bonds. The molecule has 1 aliphatic heterocycles. The van der Waals surface area contributed by atoms with Crippen molar-refractivity contribution in [2.24, 2.45) is 4.99 Å². The molecule has 7 nitrogen and oxygen atoms in total. The van der Waals surface area contributed by atoms with Crippen LogP contribution in [0.1, 0.15) is 26.2 Å². The smallest absolute Gasteiger partial charge is 0.191 e. The average Bonchev–Trinajstić information content (AvgIpc) is 2.69. The Kier molecular flexibility index (Phi) is 14.1. The molecule has 1 aliphatic rings. The van der Waals surface area contributed by atoms with Gasteiger partial charge in [0.15, 0.2) is 5.96 Å². The zero-order valence-corrected chi connectivity index (χ0v) is 18.8. The zero-order chi connectivity index (χ0) is 18.3. The van der Waals surface area contributed by atoms with Crippen molar-refractivity contribution in [3.05, 3.63) is 24.4 Å². The molecule has 27 heavy (non-hydrogen) atoms. The van der Waals surface area contributed by atoms with E-state index in [-0.39, 0.29) is 24.0 Å². The van der Waals surface area contributed by atoms with Gasteiger partial charge in [-0.2, -0.15) is 0 Å². The highest BCUT2D eigenvalue weighted by Gasteiger charge is 2.08. The largest absolute Gasteiger partial charge is 0.379 e. The number of hydrogen-bond donors (Lipinski definition) is 3. The maximum atomic E-state index is 5.38. The van der Waals surface area contributed by atoms with Crippen molar-refractivity contribution in [2.45, 2.75) is 26.2 Å². The fourth-order valence-corrected chi connectivity index (χ4v) is 2.79. The van der Waals surface area contributed by atoms with Gasteiger partial charge in [-0.1, -0.05) is 6.07 Å². The van der Waals surface area contributed by atoms with Crippen LogP contribution in [0.3, 0.4) is 0 Å². The highest BCUT2D eigenvalue weighted by Crippen LogP contribution is 2.00. The summed E-state index contributed by atoms with van der Waals surface area (Å²) in [6, 6.07) is 5.91. The molecule has 0 saturated carbocycles. The van der Waals surface area contributed by atoms with Gasteiger partial charge < -0.3 is 20.7 Å². The average molecular weight is 490 g/mol. The van der Waals surface area contributed by atoms with Crippen LogP contribution < -0.4 is 16.0 Å². The molecule has 2 rings (SSSR count). The number of aliphatic imine (C=N–C) groups is 1. The first kappa shape index (κ1) is 23.9. The lowest BCUT2D eigenvalue weighted by molar-refractivity contribution is 0.0377. The molecule has 0 bridgehead atoms. The third-order valence-corrected chi connectivity index (χ3v) is 4.22. The summed E-state index contributed by atoms with van der Waals surface area (Å²) in [5, 5.41) is 10.1. The summed E-state index contributed by atoms with van der Waals surface area (Å²) in [7, 11) is 0. The van der Waals surface area contributed by atoms with E-state index in [9.17, 15) is 0 Å². The Morgan fingerprint density at radius 2 is 1.96 bits per heavy atom. The fraction of sp³-hybridized carbons (Fsp3) is 0.684. The van der Waals surface area contributed by atoms with Crippen LogP contribution in [0.5, 0.6) is 0 Å². The molecule has 3 N–H and O–H groups in total. The van der Waals surface area contributed by atoms with Crippen molar-refractivity contribution in [3.8, 4) is 0 Å². The normalized spacial score (nSPS) is 15.1. The maximum absolute atomic E-state index is 5.38. The highest BCUT2D eigenvalue weighted by molar-refractivity contribution is 14.0. The molecule has 0 spiro atoms. The minimum absolute atomic E-state index is 0. The maximum Gasteiger partial charge on any atom is 0.191 e. The summed E-state index contributed by atoms with van der Waals surface area (Å²) >= 11 is 0. The van der Waals surface area contributed by atoms with Crippen LogP contribution in [0.15, 0.2) is 29.4 Å². The number of nitrogens with one attached hydrogen (secondary N) is 3. The summed E-state index contributed by atoms with van der Waals surface area (Å²) in [6.07, 6.45) is 5.09. The first-order valence-corrected chi connectivity index (χ1v) is 9.85. The number of halogens is 1. The highest BCUT2D eigenvalue weighted by atomic mass is 127. The van der Waals surface area contributed by atoms with Gasteiger partial charge in [-0.3, -0.25) is 9.89 Å². The van der Waals surface area contributed by atoms with Crippen LogP contribution in [0.25, 0.3) is 0 Å². The van der Waals surface area contributed by atoms with Crippen LogP contribution in [0.4, 0.5) is 5.82 Å². The van der Waals surface area contributed by atoms with Crippen molar-refractivity contribution in [2.75, 3.05) is 64.3 Å². The van der Waals surface area contributed by atoms with E-state index in [1.807, 2.05) is 24.4 Å². The number of guanidine groups is 1. The van der Waals surface area contributed by atoms with Crippen LogP contribution in [-0.4, -0.2) is 74.9 Å². The van der Waals surface area contributed by atoms with Gasteiger partial charge in [0.2, 0.25) is 0 Å². The number of rotatable bonds is 11. The van der Waals surface area contributed by atoms with Gasteiger partial charge in [-0.25, -0.2) is 4.98 Å². The number of nitrogens with zero attached hydrogens (tertiary/aromatic N) is 3. The first-order chi connectivity index (χ1) is 12.9. The molecule has 0 atom stereocenters. The SMILES string of the molecule is CCNC(=NCCCN1CCOCC1)NCCCCNc1ccccn1.I. The Hall–Kier alpha value is -1.13. The quantitative estimate of drug-likeness (QED) is 0.191. The van der Waals surface area contributed by atoms with E-state index in [2.05, 4.69) is 37.8 Å². The molecule has 0 radical (unpaired) electrons. The Labute approximate surface area is 180 Å². The van der Waals surface area contributed by atoms with Crippen LogP contribution in [-0.2, 0) is 4.74 Å². The molecule has 8 heteroatoms. The van der Waals surface area contributed by atoms with Crippen LogP contribution in [0.2, 0.25) is 0 Å². The molecule has 1 saturated heterocycles. The number of anilines is 1. The predicted octanol–water partition coefficient (Wildman–Crippen LogP) is 2.17. The molecule has 1 aromatic rings. The van der Waals surface area contributed by atoms with Crippen molar-refractivity contribution < 1.29 is 4.74 Å². The molecule has 1 aromatic heterocycles. The topological polar surface area (TPSA) is 73.8 Å². The van der Waals surface area contributed by atoms with E-state index >= 15 is 0 Å². The lowest BCUT2D eigenvalue weighted by Crippen LogP contribution is -2.38. The van der Waals surface area contributed by atoms with E-state index in [1.165, 1.54) is 0 Å². The lowest BCUT2D eigenvalue weighted by atomic mass is 10.3. The van der Waals surface area contributed by atoms with Crippen LogP contribution in [0, 0.1) is 0 Å². The van der Waals surface area contributed by atoms with Gasteiger partial charge >= 0.3 is 0 Å². The van der Waals surface area contributed by atoms with Gasteiger partial charge in [0.05, 0.1) is 13.2 Å². The molecule has 1 fully saturated rings. The minimum Gasteiger partial charge on any atom is -0.379 e. The summed E-state index contributed by atoms with van der Waals surface area (Å²) in [5.74, 6) is 1.86. The molecule has 0 aliphatic carbocycles. The van der Waals surface area contributed by atoms with E-state index in [0.29, 0.717) is 0 Å². The van der Waals surface area contributed by atoms with E-state index in [0.717, 1.165) is 90.1 Å². The third kappa shape index (κ3) is 11.3. The van der Waals surface area contributed by atoms with Gasteiger partial charge in [0.25, 0.3) is 0 Å². The van der Waals surface area contributed by atoms with Gasteiger partial charge in [0, 0.05) is 52.0 Å². The Morgan fingerprint density at radius 3 is 2.70 bits per heavy atom. The second-order valence-electron chi connectivity index (χ2n) is 6.34. The Balaban J connectivity index is 0.00000364. The number of unbranched alkanes of at least 4 members (excludes halogenated alkanes) is 1. The standard InChI is InChI=1S/C19H34N6O.HI/c1-2-20-19(24-12-7-13-25-14-16-26-17-15-25)23-11-6-5-10-22-18-8-3-4-9-21-18;/h3-4,8-9H,2,5-7,10-17H2,1H3,(H,21,22)(H2,20,23,24);1H. The molecular formula is C19H35IN6O. The number of aromatic nitrogens is 1. The van der Waals surface area contributed by atoms with Gasteiger partial charge in [-0.15, -0.1) is 24.0 Å². The second kappa shape index (κ2) is 15.9. The van der Waals surface area contributed by atoms with E-state index in [4.69, 9.17) is 4.74 Å². The van der Waals surface area contributed by atoms with E-state index < -0.39 is 0 Å². The van der Waals surface area contributed by atoms with Gasteiger partial charge in [0.1, 0.15) is 5.82 Å². The van der Waals surface area contributed by atoms with Crippen molar-refractivity contribution in [3.63, 3.8) is 0 Å². The van der Waals surface area contributed by atoms with Crippen molar-refractivity contribution in [1.82, 2.24) is 20.5 Å². The number of pyridine rings is 1. The fourth-order valence-electron chi connectivity index (χ4n) is 2.79. The second-order valence-corrected chi connectivity index (χ2v) is 6.34. The molecular weight excluding hydrogens is 455 g/mol. The first-order valence-electron chi connectivity index (χ1n) is 9.85. The van der Waals surface area contributed by atoms with Gasteiger partial charge in [-0.05, 0) is 38.3 Å². The minimum atomic E-state index is 0. The van der Waals surface area contributed by atoms with Crippen molar-refractivity contribution >= 4 is 35.8 Å². The van der Waals surface area contributed by atoms with Crippen LogP contribution >= 0.6 is 24.0 Å². The Morgan fingerprint density at radius 1 is 1.15 bits per heavy atom. The Bertz CT molecular complexity index is 496. The summed E-state index contributed by atoms with van der Waals surface area (Å²) in [6.45, 7) is 10.6. The number of ether oxygens (including phenoxy) is 1. The lowest BCUT2D eigenvalue weighted by Gasteiger charge is -2.26. The summed E-state index contributed by atoms with van der Waals surface area (Å²) < 4.78 is 5.38.